The first-order chi connectivity index (χ1) is 7.97. The number of benzene rings is 1. The molecule has 0 saturated heterocycles. The molecule has 0 fully saturated rings. The van der Waals surface area contributed by atoms with Gasteiger partial charge in [0.1, 0.15) is 0 Å². The molecule has 1 heteroatoms. The van der Waals surface area contributed by atoms with Crippen molar-refractivity contribution < 1.29 is 0 Å². The summed E-state index contributed by atoms with van der Waals surface area (Å²) < 4.78 is 0. The predicted molar refractivity (Wildman–Crippen MR) is 77.9 cm³/mol. The molecular formula is C16H27N. The number of aryl methyl sites for hydroxylation is 1. The summed E-state index contributed by atoms with van der Waals surface area (Å²) in [5, 5.41) is 3.27. The Balaban J connectivity index is 2.89. The highest BCUT2D eigenvalue weighted by molar-refractivity contribution is 5.50. The zero-order chi connectivity index (χ0) is 12.9. The molecule has 96 valence electrons. The van der Waals surface area contributed by atoms with E-state index in [1.807, 2.05) is 7.05 Å². The monoisotopic (exact) mass is 233 g/mol. The van der Waals surface area contributed by atoms with Gasteiger partial charge in [0.25, 0.3) is 0 Å². The zero-order valence-corrected chi connectivity index (χ0v) is 12.1. The summed E-state index contributed by atoms with van der Waals surface area (Å²) in [6.45, 7) is 9.08. The summed E-state index contributed by atoms with van der Waals surface area (Å²) in [5.74, 6) is 0. The summed E-state index contributed by atoms with van der Waals surface area (Å²) in [4.78, 5) is 0. The summed E-state index contributed by atoms with van der Waals surface area (Å²) >= 11 is 0. The highest BCUT2D eigenvalue weighted by Crippen LogP contribution is 2.27. The minimum absolute atomic E-state index is 0.229. The van der Waals surface area contributed by atoms with E-state index in [1.54, 1.807) is 0 Å². The maximum Gasteiger partial charge on any atom is 0.0343 e. The summed E-state index contributed by atoms with van der Waals surface area (Å²) in [6, 6.07) is 6.92. The van der Waals surface area contributed by atoms with Gasteiger partial charge in [0, 0.05) is 12.7 Å². The number of anilines is 1. The van der Waals surface area contributed by atoms with Crippen molar-refractivity contribution >= 4 is 5.69 Å². The van der Waals surface area contributed by atoms with Crippen molar-refractivity contribution in [2.24, 2.45) is 0 Å². The number of nitrogens with one attached hydrogen (secondary N) is 1. The minimum Gasteiger partial charge on any atom is -0.388 e. The first kappa shape index (κ1) is 14.1. The van der Waals surface area contributed by atoms with Gasteiger partial charge in [-0.05, 0) is 41.5 Å². The molecule has 1 rings (SSSR count). The van der Waals surface area contributed by atoms with Crippen molar-refractivity contribution in [1.82, 2.24) is 0 Å². The molecule has 0 bridgehead atoms. The van der Waals surface area contributed by atoms with Crippen LogP contribution in [0.3, 0.4) is 0 Å². The molecule has 0 aliphatic carbocycles. The van der Waals surface area contributed by atoms with E-state index in [9.17, 15) is 0 Å². The molecule has 1 aromatic carbocycles. The van der Waals surface area contributed by atoms with Gasteiger partial charge in [0.05, 0.1) is 0 Å². The molecule has 0 amide bonds. The Morgan fingerprint density at radius 2 is 1.76 bits per heavy atom. The summed E-state index contributed by atoms with van der Waals surface area (Å²) in [6.07, 6.45) is 5.12. The minimum atomic E-state index is 0.229. The molecule has 1 aromatic rings. The molecule has 0 unspecified atom stereocenters. The summed E-state index contributed by atoms with van der Waals surface area (Å²) in [5.41, 5.74) is 4.36. The Labute approximate surface area is 107 Å². The van der Waals surface area contributed by atoms with E-state index >= 15 is 0 Å². The molecule has 1 nitrogen and oxygen atoms in total. The molecule has 0 aromatic heterocycles. The third-order valence-corrected chi connectivity index (χ3v) is 3.22. The smallest absolute Gasteiger partial charge is 0.0343 e. The average Bonchev–Trinajstić information content (AvgIpc) is 2.28. The van der Waals surface area contributed by atoms with Crippen molar-refractivity contribution in [2.45, 2.75) is 58.8 Å². The van der Waals surface area contributed by atoms with E-state index in [0.717, 1.165) is 0 Å². The number of hydrogen-bond donors (Lipinski definition) is 1. The number of unbranched alkanes of at least 4 members (excludes halogenated alkanes) is 2. The standard InChI is InChI=1S/C16H27N/c1-6-7-8-9-13-10-14(16(2,3)4)12-15(11-13)17-5/h10-12,17H,6-9H2,1-5H3. The van der Waals surface area contributed by atoms with Gasteiger partial charge in [-0.25, -0.2) is 0 Å². The van der Waals surface area contributed by atoms with Crippen LogP contribution < -0.4 is 5.32 Å². The van der Waals surface area contributed by atoms with Crippen molar-refractivity contribution in [3.63, 3.8) is 0 Å². The molecular weight excluding hydrogens is 206 g/mol. The lowest BCUT2D eigenvalue weighted by Crippen LogP contribution is -2.12. The highest BCUT2D eigenvalue weighted by atomic mass is 14.8. The molecule has 0 saturated carbocycles. The molecule has 0 radical (unpaired) electrons. The van der Waals surface area contributed by atoms with Gasteiger partial charge in [-0.2, -0.15) is 0 Å². The molecule has 17 heavy (non-hydrogen) atoms. The van der Waals surface area contributed by atoms with Crippen molar-refractivity contribution in [3.05, 3.63) is 29.3 Å². The fraction of sp³-hybridized carbons (Fsp3) is 0.625. The Kier molecular flexibility index (Phi) is 5.04. The van der Waals surface area contributed by atoms with Gasteiger partial charge in [0.2, 0.25) is 0 Å². The molecule has 0 heterocycles. The Hall–Kier alpha value is -0.980. The Morgan fingerprint density at radius 1 is 1.06 bits per heavy atom. The molecule has 0 aliphatic heterocycles. The lowest BCUT2D eigenvalue weighted by Gasteiger charge is -2.21. The normalized spacial score (nSPS) is 11.6. The number of rotatable bonds is 5. The van der Waals surface area contributed by atoms with Crippen LogP contribution >= 0.6 is 0 Å². The zero-order valence-electron chi connectivity index (χ0n) is 12.1. The van der Waals surface area contributed by atoms with Crippen molar-refractivity contribution in [3.8, 4) is 0 Å². The first-order valence-electron chi connectivity index (χ1n) is 6.79. The van der Waals surface area contributed by atoms with Crippen LogP contribution in [-0.2, 0) is 11.8 Å². The van der Waals surface area contributed by atoms with Crippen LogP contribution in [0.2, 0.25) is 0 Å². The maximum atomic E-state index is 3.27. The van der Waals surface area contributed by atoms with E-state index in [1.165, 1.54) is 42.5 Å². The Morgan fingerprint density at radius 3 is 2.29 bits per heavy atom. The van der Waals surface area contributed by atoms with E-state index in [2.05, 4.69) is 51.2 Å². The molecule has 0 aliphatic rings. The fourth-order valence-corrected chi connectivity index (χ4v) is 1.99. The SMILES string of the molecule is CCCCCc1cc(NC)cc(C(C)(C)C)c1. The third kappa shape index (κ3) is 4.41. The quantitative estimate of drug-likeness (QED) is 0.723. The van der Waals surface area contributed by atoms with Gasteiger partial charge in [-0.15, -0.1) is 0 Å². The van der Waals surface area contributed by atoms with Crippen molar-refractivity contribution in [1.29, 1.82) is 0 Å². The fourth-order valence-electron chi connectivity index (χ4n) is 1.99. The van der Waals surface area contributed by atoms with Crippen molar-refractivity contribution in [2.75, 3.05) is 12.4 Å². The second kappa shape index (κ2) is 6.09. The first-order valence-corrected chi connectivity index (χ1v) is 6.79. The third-order valence-electron chi connectivity index (χ3n) is 3.22. The van der Waals surface area contributed by atoms with Crippen LogP contribution in [0.1, 0.15) is 58.1 Å². The van der Waals surface area contributed by atoms with Crippen LogP contribution in [0, 0.1) is 0 Å². The van der Waals surface area contributed by atoms with E-state index < -0.39 is 0 Å². The average molecular weight is 233 g/mol. The van der Waals surface area contributed by atoms with E-state index in [4.69, 9.17) is 0 Å². The van der Waals surface area contributed by atoms with Gasteiger partial charge in [-0.1, -0.05) is 46.6 Å². The lowest BCUT2D eigenvalue weighted by atomic mass is 9.85. The lowest BCUT2D eigenvalue weighted by molar-refractivity contribution is 0.589. The summed E-state index contributed by atoms with van der Waals surface area (Å²) in [7, 11) is 2.00. The van der Waals surface area contributed by atoms with E-state index in [-0.39, 0.29) is 5.41 Å². The number of hydrogen-bond acceptors (Lipinski definition) is 1. The molecule has 1 N–H and O–H groups in total. The van der Waals surface area contributed by atoms with Crippen LogP contribution in [0.25, 0.3) is 0 Å². The molecule has 0 spiro atoms. The van der Waals surface area contributed by atoms with Gasteiger partial charge in [0.15, 0.2) is 0 Å². The predicted octanol–water partition coefficient (Wildman–Crippen LogP) is 4.76. The molecule has 0 atom stereocenters. The topological polar surface area (TPSA) is 12.0 Å². The van der Waals surface area contributed by atoms with Gasteiger partial charge < -0.3 is 5.32 Å². The van der Waals surface area contributed by atoms with Gasteiger partial charge >= 0.3 is 0 Å². The van der Waals surface area contributed by atoms with E-state index in [0.29, 0.717) is 0 Å². The Bertz CT molecular complexity index is 347. The highest BCUT2D eigenvalue weighted by Gasteiger charge is 2.14. The second-order valence-corrected chi connectivity index (χ2v) is 5.88. The largest absolute Gasteiger partial charge is 0.388 e. The van der Waals surface area contributed by atoms with Crippen LogP contribution in [0.15, 0.2) is 18.2 Å². The van der Waals surface area contributed by atoms with Crippen LogP contribution in [0.5, 0.6) is 0 Å². The second-order valence-electron chi connectivity index (χ2n) is 5.88. The van der Waals surface area contributed by atoms with Crippen LogP contribution in [0.4, 0.5) is 5.69 Å². The van der Waals surface area contributed by atoms with Gasteiger partial charge in [-0.3, -0.25) is 0 Å². The maximum absolute atomic E-state index is 3.27. The van der Waals surface area contributed by atoms with Crippen LogP contribution in [-0.4, -0.2) is 7.05 Å².